The zero-order valence-corrected chi connectivity index (χ0v) is 13.0. The van der Waals surface area contributed by atoms with Crippen molar-refractivity contribution in [1.29, 1.82) is 0 Å². The molecule has 4 heteroatoms. The summed E-state index contributed by atoms with van der Waals surface area (Å²) in [5.41, 5.74) is 6.33. The quantitative estimate of drug-likeness (QED) is 0.561. The zero-order chi connectivity index (χ0) is 14.7. The number of hydrazine groups is 1. The Morgan fingerprint density at radius 1 is 1.10 bits per heavy atom. The molecule has 0 amide bonds. The maximum absolute atomic E-state index is 5.75. The third-order valence-electron chi connectivity index (χ3n) is 3.58. The van der Waals surface area contributed by atoms with Gasteiger partial charge in [-0.1, -0.05) is 40.2 Å². The van der Waals surface area contributed by atoms with Gasteiger partial charge >= 0.3 is 0 Å². The molecule has 3 nitrogen and oxygen atoms in total. The standard InChI is InChI=1S/C17H16BrN3/c18-15-6-3-12(4-7-15)10-17(21-19)14-5-8-16-13(11-14)2-1-9-20-16/h1-9,11,17,21H,10,19H2. The van der Waals surface area contributed by atoms with E-state index in [1.165, 1.54) is 11.1 Å². The molecule has 3 rings (SSSR count). The maximum Gasteiger partial charge on any atom is 0.0702 e. The Kier molecular flexibility index (Phi) is 4.29. The Labute approximate surface area is 132 Å². The summed E-state index contributed by atoms with van der Waals surface area (Å²) in [6.07, 6.45) is 2.65. The molecule has 0 fully saturated rings. The summed E-state index contributed by atoms with van der Waals surface area (Å²) < 4.78 is 1.08. The number of pyridine rings is 1. The first-order valence-electron chi connectivity index (χ1n) is 6.81. The Morgan fingerprint density at radius 2 is 1.90 bits per heavy atom. The number of halogens is 1. The molecule has 0 saturated carbocycles. The lowest BCUT2D eigenvalue weighted by Crippen LogP contribution is -2.29. The van der Waals surface area contributed by atoms with Crippen LogP contribution < -0.4 is 11.3 Å². The van der Waals surface area contributed by atoms with Crippen LogP contribution in [0.1, 0.15) is 17.2 Å². The van der Waals surface area contributed by atoms with E-state index < -0.39 is 0 Å². The lowest BCUT2D eigenvalue weighted by atomic mass is 9.98. The van der Waals surface area contributed by atoms with Gasteiger partial charge in [-0.25, -0.2) is 0 Å². The molecule has 0 aliphatic rings. The van der Waals surface area contributed by atoms with Crippen molar-refractivity contribution in [3.63, 3.8) is 0 Å². The maximum atomic E-state index is 5.75. The number of benzene rings is 2. The molecule has 0 aliphatic heterocycles. The highest BCUT2D eigenvalue weighted by atomic mass is 79.9. The second kappa shape index (κ2) is 6.35. The molecule has 106 valence electrons. The number of fused-ring (bicyclic) bond motifs is 1. The van der Waals surface area contributed by atoms with Gasteiger partial charge in [0, 0.05) is 16.1 Å². The van der Waals surface area contributed by atoms with Gasteiger partial charge in [-0.15, -0.1) is 0 Å². The Bertz CT molecular complexity index is 740. The van der Waals surface area contributed by atoms with Gasteiger partial charge in [0.05, 0.1) is 11.6 Å². The summed E-state index contributed by atoms with van der Waals surface area (Å²) in [5, 5.41) is 1.13. The Morgan fingerprint density at radius 3 is 2.67 bits per heavy atom. The van der Waals surface area contributed by atoms with Crippen LogP contribution in [0.15, 0.2) is 65.3 Å². The third kappa shape index (κ3) is 3.29. The zero-order valence-electron chi connectivity index (χ0n) is 11.5. The average Bonchev–Trinajstić information content (AvgIpc) is 2.54. The van der Waals surface area contributed by atoms with Crippen LogP contribution in [-0.4, -0.2) is 4.98 Å². The van der Waals surface area contributed by atoms with Crippen LogP contribution in [0, 0.1) is 0 Å². The SMILES string of the molecule is NNC(Cc1ccc(Br)cc1)c1ccc2ncccc2c1. The summed E-state index contributed by atoms with van der Waals surface area (Å²) in [5.74, 6) is 5.75. The molecule has 3 N–H and O–H groups in total. The van der Waals surface area contributed by atoms with E-state index in [9.17, 15) is 0 Å². The van der Waals surface area contributed by atoms with Crippen LogP contribution in [0.25, 0.3) is 10.9 Å². The van der Waals surface area contributed by atoms with Crippen molar-refractivity contribution >= 4 is 26.8 Å². The summed E-state index contributed by atoms with van der Waals surface area (Å²) in [6, 6.07) is 18.7. The minimum absolute atomic E-state index is 0.0794. The number of aromatic nitrogens is 1. The van der Waals surface area contributed by atoms with E-state index in [1.807, 2.05) is 30.5 Å². The van der Waals surface area contributed by atoms with Crippen LogP contribution >= 0.6 is 15.9 Å². The number of nitrogens with zero attached hydrogens (tertiary/aromatic N) is 1. The van der Waals surface area contributed by atoms with Crippen molar-refractivity contribution in [2.45, 2.75) is 12.5 Å². The van der Waals surface area contributed by atoms with Crippen molar-refractivity contribution < 1.29 is 0 Å². The Balaban J connectivity index is 1.88. The van der Waals surface area contributed by atoms with Gasteiger partial charge in [-0.3, -0.25) is 16.3 Å². The van der Waals surface area contributed by atoms with E-state index in [4.69, 9.17) is 5.84 Å². The molecule has 1 atom stereocenters. The second-order valence-corrected chi connectivity index (χ2v) is 5.92. The lowest BCUT2D eigenvalue weighted by Gasteiger charge is -2.17. The van der Waals surface area contributed by atoms with Crippen LogP contribution in [0.5, 0.6) is 0 Å². The fourth-order valence-corrected chi connectivity index (χ4v) is 2.70. The minimum Gasteiger partial charge on any atom is -0.271 e. The van der Waals surface area contributed by atoms with Gasteiger partial charge in [0.1, 0.15) is 0 Å². The number of hydrogen-bond acceptors (Lipinski definition) is 3. The molecule has 1 heterocycles. The number of rotatable bonds is 4. The third-order valence-corrected chi connectivity index (χ3v) is 4.11. The molecule has 0 aliphatic carbocycles. The van der Waals surface area contributed by atoms with E-state index in [0.29, 0.717) is 0 Å². The molecule has 0 bridgehead atoms. The summed E-state index contributed by atoms with van der Waals surface area (Å²) in [4.78, 5) is 4.34. The number of hydrogen-bond donors (Lipinski definition) is 2. The summed E-state index contributed by atoms with van der Waals surface area (Å²) >= 11 is 3.45. The summed E-state index contributed by atoms with van der Waals surface area (Å²) in [7, 11) is 0. The lowest BCUT2D eigenvalue weighted by molar-refractivity contribution is 0.552. The van der Waals surface area contributed by atoms with Crippen LogP contribution in [0.4, 0.5) is 0 Å². The predicted octanol–water partition coefficient (Wildman–Crippen LogP) is 3.74. The van der Waals surface area contributed by atoms with Crippen molar-refractivity contribution in [2.24, 2.45) is 5.84 Å². The smallest absolute Gasteiger partial charge is 0.0702 e. The molecule has 0 saturated heterocycles. The molecule has 1 unspecified atom stereocenters. The van der Waals surface area contributed by atoms with Crippen molar-refractivity contribution in [3.05, 3.63) is 76.4 Å². The molecule has 3 aromatic rings. The predicted molar refractivity (Wildman–Crippen MR) is 89.7 cm³/mol. The first-order valence-corrected chi connectivity index (χ1v) is 7.61. The highest BCUT2D eigenvalue weighted by Crippen LogP contribution is 2.22. The monoisotopic (exact) mass is 341 g/mol. The van der Waals surface area contributed by atoms with Crippen LogP contribution in [0.3, 0.4) is 0 Å². The first-order chi connectivity index (χ1) is 10.3. The molecule has 0 radical (unpaired) electrons. The summed E-state index contributed by atoms with van der Waals surface area (Å²) in [6.45, 7) is 0. The molecular formula is C17H16BrN3. The molecule has 0 spiro atoms. The van der Waals surface area contributed by atoms with Crippen molar-refractivity contribution in [1.82, 2.24) is 10.4 Å². The van der Waals surface area contributed by atoms with Crippen molar-refractivity contribution in [2.75, 3.05) is 0 Å². The van der Waals surface area contributed by atoms with E-state index in [0.717, 1.165) is 21.8 Å². The van der Waals surface area contributed by atoms with Crippen molar-refractivity contribution in [3.8, 4) is 0 Å². The average molecular weight is 342 g/mol. The van der Waals surface area contributed by atoms with E-state index in [-0.39, 0.29) is 6.04 Å². The van der Waals surface area contributed by atoms with Crippen LogP contribution in [-0.2, 0) is 6.42 Å². The highest BCUT2D eigenvalue weighted by molar-refractivity contribution is 9.10. The Hall–Kier alpha value is -1.75. The van der Waals surface area contributed by atoms with Gasteiger partial charge in [0.2, 0.25) is 0 Å². The topological polar surface area (TPSA) is 50.9 Å². The number of nitrogens with two attached hydrogens (primary N) is 1. The first kappa shape index (κ1) is 14.2. The fraction of sp³-hybridized carbons (Fsp3) is 0.118. The van der Waals surface area contributed by atoms with E-state index >= 15 is 0 Å². The molecule has 1 aromatic heterocycles. The second-order valence-electron chi connectivity index (χ2n) is 5.01. The number of nitrogens with one attached hydrogen (secondary N) is 1. The fourth-order valence-electron chi connectivity index (χ4n) is 2.44. The highest BCUT2D eigenvalue weighted by Gasteiger charge is 2.11. The van der Waals surface area contributed by atoms with Gasteiger partial charge < -0.3 is 0 Å². The van der Waals surface area contributed by atoms with E-state index in [2.05, 4.69) is 56.7 Å². The van der Waals surface area contributed by atoms with Gasteiger partial charge in [-0.05, 0) is 47.9 Å². The molecular weight excluding hydrogens is 326 g/mol. The molecule has 2 aromatic carbocycles. The molecule has 21 heavy (non-hydrogen) atoms. The van der Waals surface area contributed by atoms with E-state index in [1.54, 1.807) is 0 Å². The minimum atomic E-state index is 0.0794. The van der Waals surface area contributed by atoms with Gasteiger partial charge in [0.15, 0.2) is 0 Å². The van der Waals surface area contributed by atoms with Gasteiger partial charge in [0.25, 0.3) is 0 Å². The van der Waals surface area contributed by atoms with Gasteiger partial charge in [-0.2, -0.15) is 0 Å². The normalized spacial score (nSPS) is 12.5. The van der Waals surface area contributed by atoms with Crippen LogP contribution in [0.2, 0.25) is 0 Å². The largest absolute Gasteiger partial charge is 0.271 e.